The lowest BCUT2D eigenvalue weighted by Gasteiger charge is -2.49. The molecule has 2 aliphatic heterocycles. The largest absolute Gasteiger partial charge is 0.477 e. The first-order chi connectivity index (χ1) is 12.4. The van der Waals surface area contributed by atoms with E-state index in [0.29, 0.717) is 11.3 Å². The number of allylic oxidation sites excluding steroid dienone is 1. The van der Waals surface area contributed by atoms with Crippen molar-refractivity contribution in [1.29, 1.82) is 0 Å². The molecule has 6 N–H and O–H groups in total. The first-order valence-electron chi connectivity index (χ1n) is 7.30. The summed E-state index contributed by atoms with van der Waals surface area (Å²) in [5, 5.41) is 35.7. The van der Waals surface area contributed by atoms with E-state index in [1.165, 1.54) is 23.2 Å². The number of carbonyl (C=O) groups is 2. The molecule has 0 aromatic carbocycles. The van der Waals surface area contributed by atoms with Crippen LogP contribution in [0, 0.1) is 0 Å². The first kappa shape index (κ1) is 18.4. The average Bonchev–Trinajstić information content (AvgIpc) is 3.04. The number of thioether (sulfide) groups is 1. The van der Waals surface area contributed by atoms with Gasteiger partial charge in [-0.15, -0.1) is 23.1 Å². The van der Waals surface area contributed by atoms with E-state index in [-0.39, 0.29) is 22.2 Å². The number of aliphatic hydroxyl groups is 1. The SMILES string of the molecule is C=CC1=C(C(=O)O)N2C(=O)[C@@H](NC(O)/C(=N\O)c3csc(N)n3)[C@H]2SC1. The number of β-lactam (4-membered cyclic amide) rings is 1. The Morgan fingerprint density at radius 3 is 2.88 bits per heavy atom. The van der Waals surface area contributed by atoms with Crippen molar-refractivity contribution < 1.29 is 25.0 Å². The van der Waals surface area contributed by atoms with Crippen LogP contribution >= 0.6 is 23.1 Å². The Kier molecular flexibility index (Phi) is 5.00. The highest BCUT2D eigenvalue weighted by Gasteiger charge is 2.54. The number of nitrogen functional groups attached to an aromatic ring is 1. The Morgan fingerprint density at radius 1 is 1.62 bits per heavy atom. The second-order valence-corrected chi connectivity index (χ2v) is 7.39. The number of fused-ring (bicyclic) bond motifs is 1. The minimum absolute atomic E-state index is 0.107. The van der Waals surface area contributed by atoms with Crippen molar-refractivity contribution in [3.05, 3.63) is 35.0 Å². The highest BCUT2D eigenvalue weighted by Crippen LogP contribution is 2.40. The van der Waals surface area contributed by atoms with Crippen LogP contribution in [0.4, 0.5) is 5.13 Å². The molecule has 1 saturated heterocycles. The van der Waals surface area contributed by atoms with Crippen LogP contribution < -0.4 is 11.1 Å². The number of nitrogens with one attached hydrogen (secondary N) is 1. The number of thiazole rings is 1. The third-order valence-corrected chi connectivity index (χ3v) is 5.91. The van der Waals surface area contributed by atoms with Gasteiger partial charge in [0.05, 0.1) is 0 Å². The zero-order chi connectivity index (χ0) is 19.0. The summed E-state index contributed by atoms with van der Waals surface area (Å²) < 4.78 is 0. The maximum atomic E-state index is 12.4. The predicted octanol–water partition coefficient (Wildman–Crippen LogP) is -0.380. The van der Waals surface area contributed by atoms with Crippen molar-refractivity contribution in [1.82, 2.24) is 15.2 Å². The number of aromatic nitrogens is 1. The lowest BCUT2D eigenvalue weighted by atomic mass is 10.0. The molecule has 3 heterocycles. The van der Waals surface area contributed by atoms with Crippen LogP contribution in [0.5, 0.6) is 0 Å². The van der Waals surface area contributed by atoms with E-state index in [1.807, 2.05) is 0 Å². The Bertz CT molecular complexity index is 835. The number of rotatable bonds is 6. The van der Waals surface area contributed by atoms with Crippen molar-refractivity contribution >= 4 is 45.8 Å². The summed E-state index contributed by atoms with van der Waals surface area (Å²) in [7, 11) is 0. The van der Waals surface area contributed by atoms with Gasteiger partial charge in [-0.3, -0.25) is 15.0 Å². The molecule has 12 heteroatoms. The summed E-state index contributed by atoms with van der Waals surface area (Å²) >= 11 is 2.45. The number of carboxylic acid groups (broad SMARTS) is 1. The van der Waals surface area contributed by atoms with Gasteiger partial charge in [-0.1, -0.05) is 17.8 Å². The molecule has 1 unspecified atom stereocenters. The number of carboxylic acids is 1. The molecule has 3 rings (SSSR count). The minimum Gasteiger partial charge on any atom is -0.477 e. The van der Waals surface area contributed by atoms with Gasteiger partial charge in [0.2, 0.25) is 5.91 Å². The lowest BCUT2D eigenvalue weighted by Crippen LogP contribution is -2.71. The summed E-state index contributed by atoms with van der Waals surface area (Å²) in [6.45, 7) is 3.58. The van der Waals surface area contributed by atoms with E-state index in [9.17, 15) is 19.8 Å². The highest BCUT2D eigenvalue weighted by molar-refractivity contribution is 8.00. The van der Waals surface area contributed by atoms with Crippen LogP contribution in [-0.2, 0) is 9.59 Å². The molecule has 0 radical (unpaired) electrons. The molecule has 2 aliphatic rings. The van der Waals surface area contributed by atoms with Gasteiger partial charge in [0.1, 0.15) is 28.5 Å². The fraction of sp³-hybridized carbons (Fsp3) is 0.286. The van der Waals surface area contributed by atoms with Crippen LogP contribution in [-0.4, -0.2) is 66.3 Å². The number of nitrogens with zero attached hydrogens (tertiary/aromatic N) is 3. The second kappa shape index (κ2) is 7.07. The maximum absolute atomic E-state index is 12.4. The van der Waals surface area contributed by atoms with Crippen molar-refractivity contribution in [3.63, 3.8) is 0 Å². The van der Waals surface area contributed by atoms with Gasteiger partial charge in [-0.05, 0) is 5.57 Å². The molecule has 1 fully saturated rings. The molecule has 1 amide bonds. The molecule has 26 heavy (non-hydrogen) atoms. The van der Waals surface area contributed by atoms with Crippen molar-refractivity contribution in [2.24, 2.45) is 5.16 Å². The van der Waals surface area contributed by atoms with Gasteiger partial charge in [-0.25, -0.2) is 9.78 Å². The number of nitrogens with two attached hydrogens (primary N) is 1. The molecule has 1 aromatic rings. The summed E-state index contributed by atoms with van der Waals surface area (Å²) in [6, 6.07) is -0.844. The first-order valence-corrected chi connectivity index (χ1v) is 9.22. The Balaban J connectivity index is 1.77. The average molecular weight is 397 g/mol. The Labute approximate surface area is 155 Å². The molecule has 138 valence electrons. The van der Waals surface area contributed by atoms with Crippen LogP contribution in [0.3, 0.4) is 0 Å². The van der Waals surface area contributed by atoms with Crippen LogP contribution in [0.2, 0.25) is 0 Å². The van der Waals surface area contributed by atoms with E-state index in [4.69, 9.17) is 10.9 Å². The van der Waals surface area contributed by atoms with E-state index in [0.717, 1.165) is 16.2 Å². The van der Waals surface area contributed by atoms with Crippen LogP contribution in [0.1, 0.15) is 5.69 Å². The number of amides is 1. The second-order valence-electron chi connectivity index (χ2n) is 5.40. The van der Waals surface area contributed by atoms with E-state index in [1.54, 1.807) is 0 Å². The monoisotopic (exact) mass is 397 g/mol. The van der Waals surface area contributed by atoms with Gasteiger partial charge in [0, 0.05) is 11.1 Å². The van der Waals surface area contributed by atoms with Crippen LogP contribution in [0.25, 0.3) is 0 Å². The summed E-state index contributed by atoms with van der Waals surface area (Å²) in [5.74, 6) is -1.35. The molecule has 3 atom stereocenters. The molecule has 10 nitrogen and oxygen atoms in total. The fourth-order valence-electron chi connectivity index (χ4n) is 2.72. The number of carbonyl (C=O) groups excluding carboxylic acids is 1. The fourth-order valence-corrected chi connectivity index (χ4v) is 4.63. The quantitative estimate of drug-likeness (QED) is 0.142. The van der Waals surface area contributed by atoms with Crippen LogP contribution in [0.15, 0.2) is 34.5 Å². The Morgan fingerprint density at radius 2 is 2.35 bits per heavy atom. The molecule has 1 aromatic heterocycles. The zero-order valence-electron chi connectivity index (χ0n) is 13.2. The van der Waals surface area contributed by atoms with Crippen molar-refractivity contribution in [2.45, 2.75) is 17.6 Å². The molecule has 0 spiro atoms. The molecular weight excluding hydrogens is 382 g/mol. The normalized spacial score (nSPS) is 24.1. The molecule has 0 aliphatic carbocycles. The predicted molar refractivity (Wildman–Crippen MR) is 95.7 cm³/mol. The molecule has 0 bridgehead atoms. The topological polar surface area (TPSA) is 161 Å². The number of aliphatic carboxylic acids is 1. The number of hydrogen-bond donors (Lipinski definition) is 5. The Hall–Kier alpha value is -2.41. The van der Waals surface area contributed by atoms with Gasteiger partial charge >= 0.3 is 5.97 Å². The summed E-state index contributed by atoms with van der Waals surface area (Å²) in [6.07, 6.45) is -0.0742. The van der Waals surface area contributed by atoms with Crippen molar-refractivity contribution in [2.75, 3.05) is 11.5 Å². The molecule has 0 saturated carbocycles. The van der Waals surface area contributed by atoms with Gasteiger partial charge in [0.25, 0.3) is 0 Å². The minimum atomic E-state index is -1.49. The number of aliphatic hydroxyl groups excluding tert-OH is 1. The number of oxime groups is 1. The molecular formula is C14H15N5O5S2. The van der Waals surface area contributed by atoms with Gasteiger partial charge in [0.15, 0.2) is 11.4 Å². The standard InChI is InChI=1S/C14H15N5O5S2/c1-2-5-3-25-12-8(11(21)19(12)9(5)13(22)23)17-10(20)7(18-24)6-4-26-14(15)16-6/h2,4,8,10,12,17,20,24H,1,3H2,(H2,15,16)(H,22,23)/b18-7-/t8-,10?,12-/m1/s1. The zero-order valence-corrected chi connectivity index (χ0v) is 14.8. The number of anilines is 1. The van der Waals surface area contributed by atoms with E-state index >= 15 is 0 Å². The summed E-state index contributed by atoms with van der Waals surface area (Å²) in [4.78, 5) is 29.0. The van der Waals surface area contributed by atoms with Gasteiger partial charge in [-0.2, -0.15) is 0 Å². The maximum Gasteiger partial charge on any atom is 0.352 e. The highest BCUT2D eigenvalue weighted by atomic mass is 32.2. The van der Waals surface area contributed by atoms with Crippen molar-refractivity contribution in [3.8, 4) is 0 Å². The van der Waals surface area contributed by atoms with E-state index in [2.05, 4.69) is 22.0 Å². The lowest BCUT2D eigenvalue weighted by molar-refractivity contribution is -0.150. The number of hydrogen-bond acceptors (Lipinski definition) is 10. The van der Waals surface area contributed by atoms with Gasteiger partial charge < -0.3 is 21.2 Å². The van der Waals surface area contributed by atoms with E-state index < -0.39 is 29.5 Å². The third kappa shape index (κ3) is 2.96. The smallest absolute Gasteiger partial charge is 0.352 e. The third-order valence-electron chi connectivity index (χ3n) is 3.94. The summed E-state index contributed by atoms with van der Waals surface area (Å²) in [5.41, 5.74) is 5.86.